The minimum atomic E-state index is -0.176. The Hall–Kier alpha value is -1.87. The van der Waals surface area contributed by atoms with Crippen LogP contribution in [0.4, 0.5) is 4.39 Å². The van der Waals surface area contributed by atoms with Crippen molar-refractivity contribution < 1.29 is 13.9 Å². The number of ether oxygens (including phenoxy) is 2. The highest BCUT2D eigenvalue weighted by atomic mass is 127. The van der Waals surface area contributed by atoms with Crippen LogP contribution in [0.15, 0.2) is 47.5 Å². The topological polar surface area (TPSA) is 54.9 Å². The maximum atomic E-state index is 13.7. The summed E-state index contributed by atoms with van der Waals surface area (Å²) in [5.41, 5.74) is 2.91. The summed E-state index contributed by atoms with van der Waals surface area (Å²) >= 11 is 0. The van der Waals surface area contributed by atoms with Gasteiger partial charge in [0.25, 0.3) is 0 Å². The summed E-state index contributed by atoms with van der Waals surface area (Å²) in [5, 5.41) is 6.54. The van der Waals surface area contributed by atoms with Gasteiger partial charge in [0.2, 0.25) is 0 Å². The molecule has 0 bridgehead atoms. The average molecular weight is 513 g/mol. The molecule has 0 aromatic heterocycles. The van der Waals surface area contributed by atoms with Gasteiger partial charge in [-0.3, -0.25) is 4.99 Å². The average Bonchev–Trinajstić information content (AvgIpc) is 3.20. The van der Waals surface area contributed by atoms with Gasteiger partial charge in [-0.2, -0.15) is 0 Å². The van der Waals surface area contributed by atoms with Crippen LogP contribution in [0.2, 0.25) is 0 Å². The van der Waals surface area contributed by atoms with E-state index in [9.17, 15) is 4.39 Å². The Bertz CT molecular complexity index is 810. The number of rotatable bonds is 7. The van der Waals surface area contributed by atoms with Gasteiger partial charge in [-0.1, -0.05) is 30.3 Å². The zero-order chi connectivity index (χ0) is 19.8. The van der Waals surface area contributed by atoms with Gasteiger partial charge in [-0.05, 0) is 36.6 Å². The lowest BCUT2D eigenvalue weighted by molar-refractivity contribution is 0.140. The molecular weight excluding hydrogens is 484 g/mol. The molecule has 0 aliphatic carbocycles. The predicted molar refractivity (Wildman–Crippen MR) is 125 cm³/mol. The van der Waals surface area contributed by atoms with Crippen LogP contribution in [0, 0.1) is 12.7 Å². The Labute approximate surface area is 189 Å². The number of aryl methyl sites for hydroxylation is 1. The standard InChI is InChI=1S/C22H28FN3O2.HI/c1-16-7-8-18(21(13-16)28-19-10-12-27-15-19)14-26-22(24-2)25-11-9-17-5-3-4-6-20(17)23;/h3-8,13,19H,9-12,14-15H2,1-2H3,(H2,24,25,26);1H. The molecule has 1 saturated heterocycles. The Morgan fingerprint density at radius 2 is 2.03 bits per heavy atom. The van der Waals surface area contributed by atoms with Crippen LogP contribution in [-0.4, -0.2) is 38.9 Å². The summed E-state index contributed by atoms with van der Waals surface area (Å²) in [6.07, 6.45) is 1.62. The van der Waals surface area contributed by atoms with Gasteiger partial charge in [0.1, 0.15) is 17.7 Å². The van der Waals surface area contributed by atoms with E-state index in [0.717, 1.165) is 29.9 Å². The zero-order valence-electron chi connectivity index (χ0n) is 16.9. The lowest BCUT2D eigenvalue weighted by Gasteiger charge is -2.18. The molecule has 2 aromatic rings. The molecule has 158 valence electrons. The minimum Gasteiger partial charge on any atom is -0.488 e. The van der Waals surface area contributed by atoms with Crippen molar-refractivity contribution in [2.75, 3.05) is 26.8 Å². The highest BCUT2D eigenvalue weighted by molar-refractivity contribution is 14.0. The Balaban J connectivity index is 0.00000300. The minimum absolute atomic E-state index is 0. The number of hydrogen-bond donors (Lipinski definition) is 2. The number of halogens is 2. The quantitative estimate of drug-likeness (QED) is 0.336. The molecule has 1 aliphatic rings. The Kier molecular flexibility index (Phi) is 9.66. The van der Waals surface area contributed by atoms with Crippen molar-refractivity contribution in [1.82, 2.24) is 10.6 Å². The van der Waals surface area contributed by atoms with Crippen LogP contribution in [0.1, 0.15) is 23.1 Å². The second-order valence-corrected chi connectivity index (χ2v) is 6.91. The molecule has 2 aromatic carbocycles. The van der Waals surface area contributed by atoms with Crippen molar-refractivity contribution in [3.8, 4) is 5.75 Å². The molecule has 0 spiro atoms. The fourth-order valence-electron chi connectivity index (χ4n) is 3.12. The number of aliphatic imine (C=N–C) groups is 1. The number of nitrogens with zero attached hydrogens (tertiary/aromatic N) is 1. The zero-order valence-corrected chi connectivity index (χ0v) is 19.2. The second kappa shape index (κ2) is 12.0. The van der Waals surface area contributed by atoms with Crippen molar-refractivity contribution in [1.29, 1.82) is 0 Å². The van der Waals surface area contributed by atoms with Gasteiger partial charge in [0, 0.05) is 32.1 Å². The van der Waals surface area contributed by atoms with Gasteiger partial charge in [-0.15, -0.1) is 24.0 Å². The van der Waals surface area contributed by atoms with E-state index in [0.29, 0.717) is 37.6 Å². The van der Waals surface area contributed by atoms with Gasteiger partial charge < -0.3 is 20.1 Å². The number of guanidine groups is 1. The lowest BCUT2D eigenvalue weighted by Crippen LogP contribution is -2.38. The molecule has 5 nitrogen and oxygen atoms in total. The van der Waals surface area contributed by atoms with Crippen molar-refractivity contribution in [3.05, 3.63) is 65.0 Å². The van der Waals surface area contributed by atoms with Gasteiger partial charge in [-0.25, -0.2) is 4.39 Å². The third-order valence-electron chi connectivity index (χ3n) is 4.72. The number of hydrogen-bond acceptors (Lipinski definition) is 3. The predicted octanol–water partition coefficient (Wildman–Crippen LogP) is 3.83. The van der Waals surface area contributed by atoms with E-state index in [2.05, 4.69) is 40.7 Å². The van der Waals surface area contributed by atoms with Crippen molar-refractivity contribution >= 4 is 29.9 Å². The SMILES string of the molecule is CN=C(NCCc1ccccc1F)NCc1ccc(C)cc1OC1CCOC1.I. The summed E-state index contributed by atoms with van der Waals surface area (Å²) in [6.45, 7) is 4.63. The van der Waals surface area contributed by atoms with E-state index in [1.165, 1.54) is 6.07 Å². The van der Waals surface area contributed by atoms with E-state index in [1.807, 2.05) is 6.07 Å². The van der Waals surface area contributed by atoms with E-state index in [-0.39, 0.29) is 35.9 Å². The first-order valence-corrected chi connectivity index (χ1v) is 9.67. The monoisotopic (exact) mass is 513 g/mol. The lowest BCUT2D eigenvalue weighted by atomic mass is 10.1. The first kappa shape index (κ1) is 23.4. The van der Waals surface area contributed by atoms with Crippen LogP contribution in [-0.2, 0) is 17.7 Å². The molecule has 1 atom stereocenters. The molecule has 1 fully saturated rings. The van der Waals surface area contributed by atoms with Gasteiger partial charge in [0.05, 0.1) is 13.2 Å². The molecule has 3 rings (SSSR count). The fraction of sp³-hybridized carbons (Fsp3) is 0.409. The van der Waals surface area contributed by atoms with E-state index >= 15 is 0 Å². The summed E-state index contributed by atoms with van der Waals surface area (Å²) in [5.74, 6) is 1.38. The summed E-state index contributed by atoms with van der Waals surface area (Å²) in [4.78, 5) is 4.25. The molecule has 2 N–H and O–H groups in total. The fourth-order valence-corrected chi connectivity index (χ4v) is 3.12. The molecule has 0 radical (unpaired) electrons. The van der Waals surface area contributed by atoms with Crippen LogP contribution in [0.3, 0.4) is 0 Å². The van der Waals surface area contributed by atoms with Crippen LogP contribution < -0.4 is 15.4 Å². The van der Waals surface area contributed by atoms with Gasteiger partial charge in [0.15, 0.2) is 5.96 Å². The third-order valence-corrected chi connectivity index (χ3v) is 4.72. The highest BCUT2D eigenvalue weighted by Crippen LogP contribution is 2.23. The van der Waals surface area contributed by atoms with Gasteiger partial charge >= 0.3 is 0 Å². The normalized spacial score (nSPS) is 16.2. The summed E-state index contributed by atoms with van der Waals surface area (Å²) in [7, 11) is 1.72. The highest BCUT2D eigenvalue weighted by Gasteiger charge is 2.18. The molecule has 7 heteroatoms. The maximum absolute atomic E-state index is 13.7. The van der Waals surface area contributed by atoms with E-state index < -0.39 is 0 Å². The molecule has 1 heterocycles. The first-order chi connectivity index (χ1) is 13.7. The first-order valence-electron chi connectivity index (χ1n) is 9.67. The van der Waals surface area contributed by atoms with Crippen LogP contribution in [0.25, 0.3) is 0 Å². The van der Waals surface area contributed by atoms with Crippen molar-refractivity contribution in [2.45, 2.75) is 32.4 Å². The summed E-state index contributed by atoms with van der Waals surface area (Å²) < 4.78 is 25.3. The molecule has 1 unspecified atom stereocenters. The molecule has 0 saturated carbocycles. The smallest absolute Gasteiger partial charge is 0.191 e. The maximum Gasteiger partial charge on any atom is 0.191 e. The second-order valence-electron chi connectivity index (χ2n) is 6.91. The number of benzene rings is 2. The van der Waals surface area contributed by atoms with Crippen LogP contribution in [0.5, 0.6) is 5.75 Å². The van der Waals surface area contributed by atoms with Crippen LogP contribution >= 0.6 is 24.0 Å². The van der Waals surface area contributed by atoms with Crippen molar-refractivity contribution in [2.24, 2.45) is 4.99 Å². The van der Waals surface area contributed by atoms with E-state index in [1.54, 1.807) is 19.2 Å². The number of nitrogens with one attached hydrogen (secondary N) is 2. The van der Waals surface area contributed by atoms with Crippen molar-refractivity contribution in [3.63, 3.8) is 0 Å². The molecular formula is C22H29FIN3O2. The largest absolute Gasteiger partial charge is 0.488 e. The summed E-state index contributed by atoms with van der Waals surface area (Å²) in [6, 6.07) is 13.0. The Morgan fingerprint density at radius 1 is 1.21 bits per heavy atom. The molecule has 29 heavy (non-hydrogen) atoms. The molecule has 0 amide bonds. The van der Waals surface area contributed by atoms with E-state index in [4.69, 9.17) is 9.47 Å². The Morgan fingerprint density at radius 3 is 2.76 bits per heavy atom. The molecule has 1 aliphatic heterocycles. The third kappa shape index (κ3) is 7.15.